The molecule has 3 aliphatic rings. The van der Waals surface area contributed by atoms with E-state index < -0.39 is 23.4 Å². The van der Waals surface area contributed by atoms with Gasteiger partial charge >= 0.3 is 0 Å². The normalized spacial score (nSPS) is 21.9. The van der Waals surface area contributed by atoms with Crippen molar-refractivity contribution in [2.45, 2.75) is 24.9 Å². The van der Waals surface area contributed by atoms with Crippen molar-refractivity contribution in [2.75, 3.05) is 4.90 Å². The van der Waals surface area contributed by atoms with Gasteiger partial charge in [-0.15, -0.1) is 0 Å². The number of anilines is 1. The average molecular weight is 564 g/mol. The largest absolute Gasteiger partial charge is 0.352 e. The number of aryl methyl sites for hydroxylation is 1. The molecule has 4 aromatic carbocycles. The highest BCUT2D eigenvalue weighted by Gasteiger charge is 2.71. The van der Waals surface area contributed by atoms with Crippen LogP contribution in [0, 0.1) is 12.3 Å². The van der Waals surface area contributed by atoms with Crippen LogP contribution in [0.25, 0.3) is 6.08 Å². The topological polar surface area (TPSA) is 54.5 Å². The van der Waals surface area contributed by atoms with Crippen molar-refractivity contribution >= 4 is 52.3 Å². The van der Waals surface area contributed by atoms with Crippen LogP contribution in [-0.2, 0) is 0 Å². The number of carbonyl (C=O) groups excluding carboxylic acids is 3. The zero-order valence-corrected chi connectivity index (χ0v) is 23.0. The second-order valence-electron chi connectivity index (χ2n) is 10.7. The van der Waals surface area contributed by atoms with E-state index in [2.05, 4.69) is 0 Å². The molecule has 2 heterocycles. The van der Waals surface area contributed by atoms with Crippen LogP contribution < -0.4 is 4.90 Å². The first-order chi connectivity index (χ1) is 19.3. The fraction of sp³-hybridized carbons (Fsp3) is 0.147. The van der Waals surface area contributed by atoms with Gasteiger partial charge in [-0.3, -0.25) is 14.4 Å². The zero-order valence-electron chi connectivity index (χ0n) is 21.5. The quantitative estimate of drug-likeness (QED) is 0.190. The molecule has 40 heavy (non-hydrogen) atoms. The van der Waals surface area contributed by atoms with Crippen molar-refractivity contribution < 1.29 is 14.4 Å². The number of nitrogens with zero attached hydrogens (tertiary/aromatic N) is 1. The molecule has 1 fully saturated rings. The molecule has 1 aliphatic carbocycles. The van der Waals surface area contributed by atoms with Crippen LogP contribution >= 0.6 is 23.2 Å². The SMILES string of the molecule is Cc1ccc(C(=O)[C@H]2[C@H](c3ccc(Cl)cc3)C3(C(=O)c4ccccc4C3=O)[C@H]3C=Cc4cc(Cl)ccc4N23)cc1. The fourth-order valence-electron chi connectivity index (χ4n) is 6.88. The van der Waals surface area contributed by atoms with E-state index in [1.54, 1.807) is 42.5 Å². The molecule has 4 aromatic rings. The van der Waals surface area contributed by atoms with Crippen LogP contribution in [0.1, 0.15) is 53.7 Å². The highest BCUT2D eigenvalue weighted by atomic mass is 35.5. The van der Waals surface area contributed by atoms with E-state index in [9.17, 15) is 14.4 Å². The summed E-state index contributed by atoms with van der Waals surface area (Å²) in [5.74, 6) is -1.45. The van der Waals surface area contributed by atoms with Crippen molar-refractivity contribution in [3.05, 3.63) is 140 Å². The van der Waals surface area contributed by atoms with Gasteiger partial charge in [0.2, 0.25) is 0 Å². The van der Waals surface area contributed by atoms with Crippen molar-refractivity contribution in [3.8, 4) is 0 Å². The van der Waals surface area contributed by atoms with Crippen molar-refractivity contribution in [3.63, 3.8) is 0 Å². The predicted octanol–water partition coefficient (Wildman–Crippen LogP) is 7.62. The summed E-state index contributed by atoms with van der Waals surface area (Å²) in [6, 6.07) is 25.5. The standard InChI is InChI=1S/C34H23Cl2NO3/c1-19-6-8-21(9-7-19)31(38)30-29(20-10-13-23(35)14-11-20)34(32(39)25-4-2-3-5-26(25)33(34)40)28-17-12-22-18-24(36)15-16-27(22)37(28)30/h2-18,28-30H,1H3/t28-,29+,30-/m1/s1. The Morgan fingerprint density at radius 3 is 2.08 bits per heavy atom. The Morgan fingerprint density at radius 2 is 1.43 bits per heavy atom. The van der Waals surface area contributed by atoms with E-state index in [0.29, 0.717) is 32.3 Å². The fourth-order valence-corrected chi connectivity index (χ4v) is 7.19. The Bertz CT molecular complexity index is 1720. The number of fused-ring (bicyclic) bond motifs is 5. The summed E-state index contributed by atoms with van der Waals surface area (Å²) in [5.41, 5.74) is 3.09. The first kappa shape index (κ1) is 25.0. The lowest BCUT2D eigenvalue weighted by Crippen LogP contribution is -2.48. The molecule has 2 aliphatic heterocycles. The first-order valence-corrected chi connectivity index (χ1v) is 13.9. The molecule has 0 N–H and O–H groups in total. The van der Waals surface area contributed by atoms with E-state index in [0.717, 1.165) is 16.8 Å². The third-order valence-electron chi connectivity index (χ3n) is 8.60. The summed E-state index contributed by atoms with van der Waals surface area (Å²) in [6.45, 7) is 1.97. The molecule has 3 atom stereocenters. The zero-order chi connectivity index (χ0) is 27.8. The summed E-state index contributed by atoms with van der Waals surface area (Å²) in [6.07, 6.45) is 3.80. The Hall–Kier alpha value is -3.99. The maximum Gasteiger partial charge on any atom is 0.185 e. The van der Waals surface area contributed by atoms with Crippen molar-refractivity contribution in [2.24, 2.45) is 5.41 Å². The number of hydrogen-bond acceptors (Lipinski definition) is 4. The number of carbonyl (C=O) groups is 3. The van der Waals surface area contributed by atoms with E-state index in [1.165, 1.54) is 0 Å². The van der Waals surface area contributed by atoms with Gasteiger partial charge < -0.3 is 4.90 Å². The molecular weight excluding hydrogens is 541 g/mol. The number of ketones is 3. The van der Waals surface area contributed by atoms with Crippen LogP contribution in [0.5, 0.6) is 0 Å². The Labute approximate surface area is 241 Å². The molecule has 0 aromatic heterocycles. The Morgan fingerprint density at radius 1 is 0.800 bits per heavy atom. The second kappa shape index (κ2) is 9.02. The molecule has 196 valence electrons. The van der Waals surface area contributed by atoms with Gasteiger partial charge in [0.1, 0.15) is 11.5 Å². The average Bonchev–Trinajstić information content (AvgIpc) is 3.39. The van der Waals surface area contributed by atoms with Crippen LogP contribution in [0.15, 0.2) is 97.1 Å². The molecule has 1 saturated heterocycles. The highest BCUT2D eigenvalue weighted by molar-refractivity contribution is 6.33. The molecule has 7 rings (SSSR count). The first-order valence-electron chi connectivity index (χ1n) is 13.1. The molecule has 0 unspecified atom stereocenters. The summed E-state index contributed by atoms with van der Waals surface area (Å²) in [4.78, 5) is 45.8. The molecule has 0 amide bonds. The second-order valence-corrected chi connectivity index (χ2v) is 11.6. The summed E-state index contributed by atoms with van der Waals surface area (Å²) in [7, 11) is 0. The third kappa shape index (κ3) is 3.36. The lowest BCUT2D eigenvalue weighted by atomic mass is 9.64. The lowest BCUT2D eigenvalue weighted by Gasteiger charge is -2.37. The van der Waals surface area contributed by atoms with Crippen molar-refractivity contribution in [1.29, 1.82) is 0 Å². The number of hydrogen-bond donors (Lipinski definition) is 0. The summed E-state index contributed by atoms with van der Waals surface area (Å²) in [5, 5.41) is 1.09. The minimum Gasteiger partial charge on any atom is -0.352 e. The monoisotopic (exact) mass is 563 g/mol. The maximum absolute atomic E-state index is 14.6. The van der Waals surface area contributed by atoms with Crippen molar-refractivity contribution in [1.82, 2.24) is 0 Å². The molecule has 0 saturated carbocycles. The van der Waals surface area contributed by atoms with E-state index in [4.69, 9.17) is 23.2 Å². The van der Waals surface area contributed by atoms with Gasteiger partial charge in [-0.05, 0) is 48.4 Å². The molecule has 0 bridgehead atoms. The molecule has 6 heteroatoms. The third-order valence-corrected chi connectivity index (χ3v) is 9.09. The van der Waals surface area contributed by atoms with Crippen LogP contribution in [-0.4, -0.2) is 29.4 Å². The number of halogens is 2. The van der Waals surface area contributed by atoms with Crippen LogP contribution in [0.4, 0.5) is 5.69 Å². The van der Waals surface area contributed by atoms with Gasteiger partial charge in [-0.2, -0.15) is 0 Å². The smallest absolute Gasteiger partial charge is 0.185 e. The summed E-state index contributed by atoms with van der Waals surface area (Å²) < 4.78 is 0. The van der Waals surface area contributed by atoms with Crippen LogP contribution in [0.2, 0.25) is 10.0 Å². The van der Waals surface area contributed by atoms with E-state index >= 15 is 0 Å². The van der Waals surface area contributed by atoms with Gasteiger partial charge in [-0.1, -0.05) is 102 Å². The lowest BCUT2D eigenvalue weighted by molar-refractivity contribution is 0.0666. The van der Waals surface area contributed by atoms with Gasteiger partial charge in [0.15, 0.2) is 17.3 Å². The molecule has 1 spiro atoms. The van der Waals surface area contributed by atoms with Gasteiger partial charge in [-0.25, -0.2) is 0 Å². The Balaban J connectivity index is 1.54. The molecule has 0 radical (unpaired) electrons. The van der Waals surface area contributed by atoms with Gasteiger partial charge in [0.25, 0.3) is 0 Å². The van der Waals surface area contributed by atoms with Gasteiger partial charge in [0, 0.05) is 38.3 Å². The minimum atomic E-state index is -1.55. The maximum atomic E-state index is 14.6. The molecule has 4 nitrogen and oxygen atoms in total. The Kier molecular flexibility index (Phi) is 5.64. The number of rotatable bonds is 3. The summed E-state index contributed by atoms with van der Waals surface area (Å²) >= 11 is 12.6. The minimum absolute atomic E-state index is 0.158. The number of Topliss-reactive ketones (excluding diaryl/α,β-unsaturated/α-hetero) is 3. The number of benzene rings is 4. The predicted molar refractivity (Wildman–Crippen MR) is 158 cm³/mol. The molecular formula is C34H23Cl2NO3. The van der Waals surface area contributed by atoms with E-state index in [1.807, 2.05) is 72.5 Å². The van der Waals surface area contributed by atoms with Crippen LogP contribution in [0.3, 0.4) is 0 Å². The van der Waals surface area contributed by atoms with E-state index in [-0.39, 0.29) is 17.3 Å². The van der Waals surface area contributed by atoms with Gasteiger partial charge in [0.05, 0.1) is 6.04 Å². The highest BCUT2D eigenvalue weighted by Crippen LogP contribution is 2.61.